The molecule has 2 N–H and O–H groups in total. The lowest BCUT2D eigenvalue weighted by Gasteiger charge is -2.14. The number of aliphatic hydroxyl groups excluding tert-OH is 2. The molecule has 3 atom stereocenters. The maximum atomic E-state index is 9.96. The first-order chi connectivity index (χ1) is 11.0. The topological polar surface area (TPSA) is 62.0 Å². The van der Waals surface area contributed by atoms with E-state index < -0.39 is 12.2 Å². The van der Waals surface area contributed by atoms with Crippen molar-refractivity contribution in [3.63, 3.8) is 0 Å². The molecule has 0 spiro atoms. The summed E-state index contributed by atoms with van der Waals surface area (Å²) in [5, 5.41) is 19.6. The Morgan fingerprint density at radius 2 is 1.83 bits per heavy atom. The van der Waals surface area contributed by atoms with Crippen molar-refractivity contribution in [2.24, 2.45) is 4.99 Å². The number of benzene rings is 1. The normalized spacial score (nSPS) is 22.1. The second kappa shape index (κ2) is 9.08. The zero-order chi connectivity index (χ0) is 16.7. The third kappa shape index (κ3) is 6.47. The average Bonchev–Trinajstić information content (AvgIpc) is 3.30. The van der Waals surface area contributed by atoms with Crippen molar-refractivity contribution in [3.05, 3.63) is 35.4 Å². The Balaban J connectivity index is 1.61. The Labute approximate surface area is 146 Å². The standard InChI is InChI=1S/C17H25NO3S2/c1-17(12-18-17)14-6-3-13(4-7-14)5-8-15(19)9-21-10-16(20)11-23-22-2/h3-4,6-7,12,15-16,19-20H,5,8-11H2,1-2H3. The molecule has 0 aliphatic carbocycles. The van der Waals surface area contributed by atoms with Crippen molar-refractivity contribution in [3.8, 4) is 0 Å². The minimum absolute atomic E-state index is 0.0821. The van der Waals surface area contributed by atoms with Crippen LogP contribution in [0.2, 0.25) is 0 Å². The van der Waals surface area contributed by atoms with Gasteiger partial charge in [0, 0.05) is 12.0 Å². The van der Waals surface area contributed by atoms with Crippen molar-refractivity contribution in [2.45, 2.75) is 37.5 Å². The number of aryl methyl sites for hydroxylation is 1. The number of nitrogens with zero attached hydrogens (tertiary/aromatic N) is 1. The van der Waals surface area contributed by atoms with Gasteiger partial charge in [-0.05, 0) is 37.1 Å². The number of aliphatic hydroxyl groups is 2. The highest BCUT2D eigenvalue weighted by molar-refractivity contribution is 8.76. The Bertz CT molecular complexity index is 501. The van der Waals surface area contributed by atoms with E-state index in [0.717, 1.165) is 6.42 Å². The van der Waals surface area contributed by atoms with Crippen molar-refractivity contribution >= 4 is 27.8 Å². The summed E-state index contributed by atoms with van der Waals surface area (Å²) >= 11 is 0. The Hall–Kier alpha value is -0.530. The molecule has 0 radical (unpaired) electrons. The SMILES string of the molecule is CSSCC(O)COCC(O)CCc1ccc(C2(C)C=N2)cc1. The van der Waals surface area contributed by atoms with E-state index >= 15 is 0 Å². The molecule has 1 aliphatic heterocycles. The van der Waals surface area contributed by atoms with Gasteiger partial charge in [0.25, 0.3) is 0 Å². The molecule has 0 bridgehead atoms. The molecule has 128 valence electrons. The number of rotatable bonds is 11. The zero-order valence-corrected chi connectivity index (χ0v) is 15.3. The fourth-order valence-electron chi connectivity index (χ4n) is 2.21. The second-order valence-corrected chi connectivity index (χ2v) is 8.55. The van der Waals surface area contributed by atoms with Gasteiger partial charge in [0.2, 0.25) is 0 Å². The monoisotopic (exact) mass is 355 g/mol. The van der Waals surface area contributed by atoms with E-state index in [9.17, 15) is 10.2 Å². The fraction of sp³-hybridized carbons (Fsp3) is 0.588. The summed E-state index contributed by atoms with van der Waals surface area (Å²) in [5.74, 6) is 0.645. The van der Waals surface area contributed by atoms with Crippen LogP contribution in [0, 0.1) is 0 Å². The lowest BCUT2D eigenvalue weighted by molar-refractivity contribution is -0.00291. The Kier molecular flexibility index (Phi) is 7.43. The minimum atomic E-state index is -0.501. The molecule has 1 aromatic rings. The first kappa shape index (κ1) is 18.8. The van der Waals surface area contributed by atoms with Gasteiger partial charge in [-0.3, -0.25) is 4.99 Å². The van der Waals surface area contributed by atoms with Crippen LogP contribution < -0.4 is 0 Å². The second-order valence-electron chi connectivity index (χ2n) is 5.94. The van der Waals surface area contributed by atoms with Crippen LogP contribution in [0.25, 0.3) is 0 Å². The van der Waals surface area contributed by atoms with Crippen LogP contribution in [0.5, 0.6) is 0 Å². The summed E-state index contributed by atoms with van der Waals surface area (Å²) in [5.41, 5.74) is 2.33. The molecular weight excluding hydrogens is 330 g/mol. The Morgan fingerprint density at radius 3 is 2.43 bits per heavy atom. The number of hydrogen-bond donors (Lipinski definition) is 2. The lowest BCUT2D eigenvalue weighted by atomic mass is 9.97. The molecule has 0 fully saturated rings. The third-order valence-corrected chi connectivity index (χ3v) is 5.69. The van der Waals surface area contributed by atoms with E-state index in [1.165, 1.54) is 11.1 Å². The zero-order valence-electron chi connectivity index (χ0n) is 13.6. The van der Waals surface area contributed by atoms with Crippen molar-refractivity contribution in [1.29, 1.82) is 0 Å². The first-order valence-electron chi connectivity index (χ1n) is 7.79. The summed E-state index contributed by atoms with van der Waals surface area (Å²) in [7, 11) is 3.23. The third-order valence-electron chi connectivity index (χ3n) is 3.82. The molecule has 3 unspecified atom stereocenters. The highest BCUT2D eigenvalue weighted by Crippen LogP contribution is 2.32. The van der Waals surface area contributed by atoms with E-state index in [-0.39, 0.29) is 18.8 Å². The van der Waals surface area contributed by atoms with E-state index in [1.807, 2.05) is 12.5 Å². The minimum Gasteiger partial charge on any atom is -0.391 e. The molecule has 1 aromatic carbocycles. The van der Waals surface area contributed by atoms with Gasteiger partial charge < -0.3 is 14.9 Å². The van der Waals surface area contributed by atoms with Gasteiger partial charge in [0.15, 0.2) is 0 Å². The molecule has 6 heteroatoms. The predicted octanol–water partition coefficient (Wildman–Crippen LogP) is 2.67. The van der Waals surface area contributed by atoms with Crippen LogP contribution in [0.15, 0.2) is 29.3 Å². The number of aliphatic imine (C=N–C) groups is 1. The van der Waals surface area contributed by atoms with Crippen LogP contribution in [-0.2, 0) is 16.7 Å². The van der Waals surface area contributed by atoms with Crippen LogP contribution >= 0.6 is 21.6 Å². The van der Waals surface area contributed by atoms with Crippen LogP contribution in [0.1, 0.15) is 24.5 Å². The summed E-state index contributed by atoms with van der Waals surface area (Å²) in [4.78, 5) is 4.27. The van der Waals surface area contributed by atoms with E-state index in [1.54, 1.807) is 21.6 Å². The van der Waals surface area contributed by atoms with E-state index in [4.69, 9.17) is 4.74 Å². The molecule has 1 heterocycles. The largest absolute Gasteiger partial charge is 0.391 e. The maximum Gasteiger partial charge on any atom is 0.117 e. The molecular formula is C17H25NO3S2. The van der Waals surface area contributed by atoms with Crippen LogP contribution in [-0.4, -0.2) is 53.9 Å². The van der Waals surface area contributed by atoms with Crippen LogP contribution in [0.4, 0.5) is 0 Å². The van der Waals surface area contributed by atoms with E-state index in [2.05, 4.69) is 36.2 Å². The molecule has 0 saturated carbocycles. The van der Waals surface area contributed by atoms with Gasteiger partial charge >= 0.3 is 0 Å². The molecule has 4 nitrogen and oxygen atoms in total. The summed E-state index contributed by atoms with van der Waals surface area (Å²) in [6.07, 6.45) is 4.43. The van der Waals surface area contributed by atoms with Gasteiger partial charge in [-0.15, -0.1) is 0 Å². The summed E-state index contributed by atoms with van der Waals surface area (Å²) in [6, 6.07) is 8.40. The van der Waals surface area contributed by atoms with Gasteiger partial charge in [-0.25, -0.2) is 0 Å². The van der Waals surface area contributed by atoms with Gasteiger partial charge in [-0.2, -0.15) is 0 Å². The van der Waals surface area contributed by atoms with Gasteiger partial charge in [0.1, 0.15) is 5.54 Å². The quantitative estimate of drug-likeness (QED) is 0.598. The van der Waals surface area contributed by atoms with Crippen molar-refractivity contribution < 1.29 is 14.9 Å². The summed E-state index contributed by atoms with van der Waals surface area (Å²) < 4.78 is 5.38. The number of ether oxygens (including phenoxy) is 1. The fourth-order valence-corrected chi connectivity index (χ4v) is 3.48. The van der Waals surface area contributed by atoms with E-state index in [0.29, 0.717) is 12.2 Å². The smallest absolute Gasteiger partial charge is 0.117 e. The molecule has 0 amide bonds. The highest BCUT2D eigenvalue weighted by atomic mass is 33.1. The van der Waals surface area contributed by atoms with Crippen molar-refractivity contribution in [2.75, 3.05) is 25.2 Å². The number of hydrogen-bond acceptors (Lipinski definition) is 6. The summed E-state index contributed by atoms with van der Waals surface area (Å²) in [6.45, 7) is 2.64. The van der Waals surface area contributed by atoms with Gasteiger partial charge in [-0.1, -0.05) is 45.9 Å². The maximum absolute atomic E-state index is 9.96. The molecule has 23 heavy (non-hydrogen) atoms. The predicted molar refractivity (Wildman–Crippen MR) is 99.4 cm³/mol. The highest BCUT2D eigenvalue weighted by Gasteiger charge is 2.32. The molecule has 1 aliphatic rings. The molecule has 0 aromatic heterocycles. The first-order valence-corrected chi connectivity index (χ1v) is 10.5. The molecule has 0 saturated heterocycles. The molecule has 2 rings (SSSR count). The van der Waals surface area contributed by atoms with Crippen molar-refractivity contribution in [1.82, 2.24) is 0 Å². The Morgan fingerprint density at radius 1 is 1.17 bits per heavy atom. The lowest BCUT2D eigenvalue weighted by Crippen LogP contribution is -2.23. The average molecular weight is 356 g/mol. The van der Waals surface area contributed by atoms with Gasteiger partial charge in [0.05, 0.1) is 25.4 Å². The van der Waals surface area contributed by atoms with Crippen LogP contribution in [0.3, 0.4) is 0 Å².